The Hall–Kier alpha value is -0.0800. The van der Waals surface area contributed by atoms with Gasteiger partial charge >= 0.3 is 0 Å². The lowest BCUT2D eigenvalue weighted by atomic mass is 9.97. The maximum Gasteiger partial charge on any atom is 0.0812 e. The van der Waals surface area contributed by atoms with Crippen molar-refractivity contribution in [2.24, 2.45) is 5.92 Å². The van der Waals surface area contributed by atoms with Gasteiger partial charge in [0.1, 0.15) is 0 Å². The van der Waals surface area contributed by atoms with Crippen molar-refractivity contribution in [1.29, 1.82) is 0 Å². The minimum absolute atomic E-state index is 0.224. The van der Waals surface area contributed by atoms with Crippen LogP contribution in [-0.4, -0.2) is 36.2 Å². The van der Waals surface area contributed by atoms with Gasteiger partial charge in [0.15, 0.2) is 0 Å². The predicted octanol–water partition coefficient (Wildman–Crippen LogP) is 2.29. The number of ether oxygens (including phenoxy) is 1. The highest BCUT2D eigenvalue weighted by Crippen LogP contribution is 2.39. The van der Waals surface area contributed by atoms with Crippen LogP contribution in [0.3, 0.4) is 0 Å². The topological polar surface area (TPSA) is 12.5 Å². The summed E-state index contributed by atoms with van der Waals surface area (Å²) < 4.78 is 6.04. The van der Waals surface area contributed by atoms with Gasteiger partial charge in [-0.25, -0.2) is 0 Å². The lowest BCUT2D eigenvalue weighted by Gasteiger charge is -2.42. The van der Waals surface area contributed by atoms with Crippen LogP contribution in [0, 0.1) is 5.92 Å². The van der Waals surface area contributed by atoms with Crippen molar-refractivity contribution < 1.29 is 4.74 Å². The average Bonchev–Trinajstić information content (AvgIpc) is 2.47. The molecule has 2 unspecified atom stereocenters. The third kappa shape index (κ3) is 1.96. The fraction of sp³-hybridized carbons (Fsp3) is 1.00. The number of nitrogens with zero attached hydrogens (tertiary/aromatic N) is 1. The summed E-state index contributed by atoms with van der Waals surface area (Å²) in [6.45, 7) is 10.1. The standard InChI is InChI=1S/C12H23NO/c1-10(2)13-6-7-14-12(9-13)5-4-11(3)8-12/h10-11H,4-9H2,1-3H3. The summed E-state index contributed by atoms with van der Waals surface area (Å²) in [6, 6.07) is 0.673. The Kier molecular flexibility index (Phi) is 2.85. The molecule has 1 aliphatic heterocycles. The van der Waals surface area contributed by atoms with Crippen LogP contribution in [0.5, 0.6) is 0 Å². The molecule has 1 spiro atoms. The molecule has 0 bridgehead atoms. The van der Waals surface area contributed by atoms with Crippen molar-refractivity contribution in [2.75, 3.05) is 19.7 Å². The number of hydrogen-bond donors (Lipinski definition) is 0. The van der Waals surface area contributed by atoms with Crippen LogP contribution in [0.4, 0.5) is 0 Å². The van der Waals surface area contributed by atoms with Crippen molar-refractivity contribution in [3.63, 3.8) is 0 Å². The Morgan fingerprint density at radius 2 is 2.21 bits per heavy atom. The van der Waals surface area contributed by atoms with E-state index in [2.05, 4.69) is 25.7 Å². The lowest BCUT2D eigenvalue weighted by Crippen LogP contribution is -2.52. The Morgan fingerprint density at radius 1 is 1.43 bits per heavy atom. The molecule has 0 aromatic carbocycles. The molecule has 2 atom stereocenters. The summed E-state index contributed by atoms with van der Waals surface area (Å²) in [4.78, 5) is 2.57. The molecule has 14 heavy (non-hydrogen) atoms. The van der Waals surface area contributed by atoms with E-state index in [9.17, 15) is 0 Å². The van der Waals surface area contributed by atoms with Crippen LogP contribution >= 0.6 is 0 Å². The summed E-state index contributed by atoms with van der Waals surface area (Å²) in [5.74, 6) is 0.863. The third-order valence-corrected chi connectivity index (χ3v) is 3.82. The molecule has 2 aliphatic rings. The van der Waals surface area contributed by atoms with E-state index in [0.717, 1.165) is 25.6 Å². The van der Waals surface area contributed by atoms with Crippen molar-refractivity contribution in [1.82, 2.24) is 4.90 Å². The molecule has 0 N–H and O–H groups in total. The van der Waals surface area contributed by atoms with Crippen LogP contribution in [0.1, 0.15) is 40.0 Å². The van der Waals surface area contributed by atoms with Crippen molar-refractivity contribution in [2.45, 2.75) is 51.7 Å². The molecule has 2 fully saturated rings. The van der Waals surface area contributed by atoms with E-state index in [-0.39, 0.29) is 5.60 Å². The number of morpholine rings is 1. The van der Waals surface area contributed by atoms with Gasteiger partial charge in [-0.1, -0.05) is 6.92 Å². The molecule has 1 heterocycles. The molecule has 2 rings (SSSR count). The normalized spacial score (nSPS) is 39.9. The van der Waals surface area contributed by atoms with Gasteiger partial charge in [-0.3, -0.25) is 4.90 Å². The minimum Gasteiger partial charge on any atom is -0.372 e. The van der Waals surface area contributed by atoms with E-state index in [4.69, 9.17) is 4.74 Å². The Morgan fingerprint density at radius 3 is 2.79 bits per heavy atom. The largest absolute Gasteiger partial charge is 0.372 e. The SMILES string of the molecule is CC1CCC2(C1)CN(C(C)C)CCO2. The van der Waals surface area contributed by atoms with Gasteiger partial charge in [-0.05, 0) is 39.0 Å². The molecule has 0 radical (unpaired) electrons. The first kappa shape index (κ1) is 10.4. The Labute approximate surface area is 87.6 Å². The molecular formula is C12H23NO. The van der Waals surface area contributed by atoms with E-state index >= 15 is 0 Å². The van der Waals surface area contributed by atoms with E-state index < -0.39 is 0 Å². The molecule has 1 saturated carbocycles. The second-order valence-corrected chi connectivity index (χ2v) is 5.44. The number of rotatable bonds is 1. The highest BCUT2D eigenvalue weighted by molar-refractivity contribution is 4.94. The van der Waals surface area contributed by atoms with E-state index in [0.29, 0.717) is 6.04 Å². The fourth-order valence-corrected chi connectivity index (χ4v) is 2.94. The third-order valence-electron chi connectivity index (χ3n) is 3.82. The highest BCUT2D eigenvalue weighted by atomic mass is 16.5. The molecule has 0 aromatic heterocycles. The average molecular weight is 197 g/mol. The molecular weight excluding hydrogens is 174 g/mol. The minimum atomic E-state index is 0.224. The summed E-state index contributed by atoms with van der Waals surface area (Å²) in [6.07, 6.45) is 3.90. The van der Waals surface area contributed by atoms with Crippen LogP contribution in [0.15, 0.2) is 0 Å². The van der Waals surface area contributed by atoms with Crippen molar-refractivity contribution >= 4 is 0 Å². The maximum atomic E-state index is 6.04. The summed E-state index contributed by atoms with van der Waals surface area (Å²) in [5.41, 5.74) is 0.224. The summed E-state index contributed by atoms with van der Waals surface area (Å²) >= 11 is 0. The van der Waals surface area contributed by atoms with Gasteiger partial charge < -0.3 is 4.74 Å². The monoisotopic (exact) mass is 197 g/mol. The fourth-order valence-electron chi connectivity index (χ4n) is 2.94. The quantitative estimate of drug-likeness (QED) is 0.639. The molecule has 2 nitrogen and oxygen atoms in total. The second-order valence-electron chi connectivity index (χ2n) is 5.44. The zero-order valence-electron chi connectivity index (χ0n) is 9.75. The predicted molar refractivity (Wildman–Crippen MR) is 58.4 cm³/mol. The van der Waals surface area contributed by atoms with Crippen LogP contribution < -0.4 is 0 Å². The molecule has 82 valence electrons. The zero-order valence-corrected chi connectivity index (χ0v) is 9.75. The highest BCUT2D eigenvalue weighted by Gasteiger charge is 2.42. The van der Waals surface area contributed by atoms with Crippen LogP contribution in [-0.2, 0) is 4.74 Å². The Balaban J connectivity index is 1.99. The molecule has 1 saturated heterocycles. The second kappa shape index (κ2) is 3.82. The first-order valence-corrected chi connectivity index (χ1v) is 5.99. The maximum absolute atomic E-state index is 6.04. The molecule has 0 aromatic rings. The van der Waals surface area contributed by atoms with E-state index in [1.807, 2.05) is 0 Å². The first-order valence-electron chi connectivity index (χ1n) is 5.99. The lowest BCUT2D eigenvalue weighted by molar-refractivity contribution is -0.113. The number of hydrogen-bond acceptors (Lipinski definition) is 2. The summed E-state index contributed by atoms with van der Waals surface area (Å²) in [5, 5.41) is 0. The smallest absolute Gasteiger partial charge is 0.0812 e. The van der Waals surface area contributed by atoms with Gasteiger partial charge in [0.2, 0.25) is 0 Å². The van der Waals surface area contributed by atoms with E-state index in [1.165, 1.54) is 19.3 Å². The summed E-state index contributed by atoms with van der Waals surface area (Å²) in [7, 11) is 0. The van der Waals surface area contributed by atoms with Crippen LogP contribution in [0.2, 0.25) is 0 Å². The first-order chi connectivity index (χ1) is 6.61. The Bertz CT molecular complexity index is 200. The molecule has 2 heteroatoms. The molecule has 1 aliphatic carbocycles. The van der Waals surface area contributed by atoms with E-state index in [1.54, 1.807) is 0 Å². The van der Waals surface area contributed by atoms with Gasteiger partial charge in [-0.2, -0.15) is 0 Å². The van der Waals surface area contributed by atoms with Crippen molar-refractivity contribution in [3.8, 4) is 0 Å². The zero-order chi connectivity index (χ0) is 10.2. The van der Waals surface area contributed by atoms with Gasteiger partial charge in [0.25, 0.3) is 0 Å². The molecule has 0 amide bonds. The van der Waals surface area contributed by atoms with Crippen LogP contribution in [0.25, 0.3) is 0 Å². The van der Waals surface area contributed by atoms with Gasteiger partial charge in [-0.15, -0.1) is 0 Å². The van der Waals surface area contributed by atoms with Gasteiger partial charge in [0.05, 0.1) is 12.2 Å². The van der Waals surface area contributed by atoms with Gasteiger partial charge in [0, 0.05) is 19.1 Å². The van der Waals surface area contributed by atoms with Crippen molar-refractivity contribution in [3.05, 3.63) is 0 Å².